The predicted molar refractivity (Wildman–Crippen MR) is 77.9 cm³/mol. The quantitative estimate of drug-likeness (QED) is 0.688. The van der Waals surface area contributed by atoms with Crippen molar-refractivity contribution in [2.24, 2.45) is 0 Å². The Morgan fingerprint density at radius 3 is 2.14 bits per heavy atom. The molecule has 8 nitrogen and oxygen atoms in total. The molecule has 1 aliphatic heterocycles. The highest BCUT2D eigenvalue weighted by molar-refractivity contribution is 7.90. The lowest BCUT2D eigenvalue weighted by atomic mass is 10.2. The van der Waals surface area contributed by atoms with Crippen LogP contribution < -0.4 is 5.32 Å². The second kappa shape index (κ2) is 7.08. The molecule has 0 aromatic rings. The van der Waals surface area contributed by atoms with E-state index in [1.165, 1.54) is 0 Å². The predicted octanol–water partition coefficient (Wildman–Crippen LogP) is -0.780. The molecule has 21 heavy (non-hydrogen) atoms. The first-order valence-electron chi connectivity index (χ1n) is 6.80. The summed E-state index contributed by atoms with van der Waals surface area (Å²) in [7, 11) is -3.14. The van der Waals surface area contributed by atoms with Crippen LogP contribution in [0.4, 0.5) is 4.79 Å². The summed E-state index contributed by atoms with van der Waals surface area (Å²) in [4.78, 5) is 26.3. The van der Waals surface area contributed by atoms with E-state index in [0.717, 1.165) is 6.26 Å². The van der Waals surface area contributed by atoms with Crippen molar-refractivity contribution >= 4 is 21.8 Å². The lowest BCUT2D eigenvalue weighted by molar-refractivity contribution is -0.143. The van der Waals surface area contributed by atoms with Crippen molar-refractivity contribution in [3.05, 3.63) is 0 Å². The molecule has 1 saturated heterocycles. The second-order valence-electron chi connectivity index (χ2n) is 5.48. The summed E-state index contributed by atoms with van der Waals surface area (Å²) >= 11 is 0. The topological polar surface area (TPSA) is 107 Å². The van der Waals surface area contributed by atoms with E-state index in [1.54, 1.807) is 23.6 Å². The molecule has 0 bridgehead atoms. The average Bonchev–Trinajstić information content (AvgIpc) is 2.35. The van der Waals surface area contributed by atoms with Gasteiger partial charge in [0.2, 0.25) is 0 Å². The zero-order valence-corrected chi connectivity index (χ0v) is 13.4. The van der Waals surface area contributed by atoms with Gasteiger partial charge in [-0.2, -0.15) is 0 Å². The van der Waals surface area contributed by atoms with Crippen molar-refractivity contribution in [2.75, 3.05) is 38.2 Å². The number of rotatable bonds is 5. The summed E-state index contributed by atoms with van der Waals surface area (Å²) in [6.45, 7) is 5.08. The minimum Gasteiger partial charge on any atom is -0.480 e. The van der Waals surface area contributed by atoms with Crippen LogP contribution in [0.1, 0.15) is 13.8 Å². The van der Waals surface area contributed by atoms with Gasteiger partial charge in [-0.15, -0.1) is 0 Å². The van der Waals surface area contributed by atoms with E-state index in [-0.39, 0.29) is 11.8 Å². The first-order chi connectivity index (χ1) is 9.60. The van der Waals surface area contributed by atoms with Gasteiger partial charge >= 0.3 is 12.0 Å². The highest BCUT2D eigenvalue weighted by Crippen LogP contribution is 2.07. The lowest BCUT2D eigenvalue weighted by Gasteiger charge is -2.36. The molecule has 0 aromatic heterocycles. The summed E-state index contributed by atoms with van der Waals surface area (Å²) in [6.07, 6.45) is 1.13. The number of aliphatic carboxylic acids is 1. The Morgan fingerprint density at radius 1 is 1.19 bits per heavy atom. The number of nitrogens with one attached hydrogen (secondary N) is 1. The van der Waals surface area contributed by atoms with Crippen molar-refractivity contribution in [3.8, 4) is 0 Å². The Labute approximate surface area is 125 Å². The van der Waals surface area contributed by atoms with Crippen molar-refractivity contribution in [3.63, 3.8) is 0 Å². The number of nitrogens with zero attached hydrogens (tertiary/aromatic N) is 2. The maximum Gasteiger partial charge on any atom is 0.320 e. The van der Waals surface area contributed by atoms with E-state index < -0.39 is 27.9 Å². The summed E-state index contributed by atoms with van der Waals surface area (Å²) < 4.78 is 22.3. The van der Waals surface area contributed by atoms with Gasteiger partial charge in [0.1, 0.15) is 15.9 Å². The largest absolute Gasteiger partial charge is 0.480 e. The lowest BCUT2D eigenvalue weighted by Crippen LogP contribution is -2.56. The van der Waals surface area contributed by atoms with Crippen LogP contribution in [0.15, 0.2) is 0 Å². The average molecular weight is 321 g/mol. The third-order valence-corrected chi connectivity index (χ3v) is 4.53. The Balaban J connectivity index is 2.43. The zero-order chi connectivity index (χ0) is 16.2. The van der Waals surface area contributed by atoms with Crippen LogP contribution in [-0.2, 0) is 14.6 Å². The van der Waals surface area contributed by atoms with Crippen LogP contribution in [0.2, 0.25) is 0 Å². The maximum absolute atomic E-state index is 12.0. The fourth-order valence-electron chi connectivity index (χ4n) is 2.27. The van der Waals surface area contributed by atoms with Gasteiger partial charge in [0, 0.05) is 38.5 Å². The zero-order valence-electron chi connectivity index (χ0n) is 12.6. The molecule has 2 atom stereocenters. The molecule has 0 aliphatic carbocycles. The van der Waals surface area contributed by atoms with Crippen molar-refractivity contribution < 1.29 is 23.1 Å². The Bertz CT molecular complexity index is 485. The summed E-state index contributed by atoms with van der Waals surface area (Å²) in [5, 5.41) is 11.6. The van der Waals surface area contributed by atoms with E-state index in [1.807, 2.05) is 0 Å². The van der Waals surface area contributed by atoms with Gasteiger partial charge in [-0.1, -0.05) is 0 Å². The fourth-order valence-corrected chi connectivity index (χ4v) is 3.26. The summed E-state index contributed by atoms with van der Waals surface area (Å²) in [5.74, 6) is -0.982. The molecule has 9 heteroatoms. The third kappa shape index (κ3) is 5.88. The van der Waals surface area contributed by atoms with E-state index >= 15 is 0 Å². The molecule has 1 rings (SSSR count). The van der Waals surface area contributed by atoms with Crippen LogP contribution in [0, 0.1) is 0 Å². The Morgan fingerprint density at radius 2 is 1.71 bits per heavy atom. The standard InChI is InChI=1S/C12H23N3O5S/c1-9(8-21(3,19)20)13-12(18)15-6-4-14(5-7-15)10(2)11(16)17/h9-10H,4-8H2,1-3H3,(H,13,18)(H,16,17). The number of urea groups is 1. The molecule has 0 radical (unpaired) electrons. The molecule has 1 heterocycles. The van der Waals surface area contributed by atoms with Gasteiger partial charge in [-0.05, 0) is 13.8 Å². The molecular weight excluding hydrogens is 298 g/mol. The normalized spacial score (nSPS) is 19.9. The molecule has 2 amide bonds. The third-order valence-electron chi connectivity index (χ3n) is 3.43. The van der Waals surface area contributed by atoms with Gasteiger partial charge in [0.25, 0.3) is 0 Å². The van der Waals surface area contributed by atoms with E-state index in [0.29, 0.717) is 26.2 Å². The Kier molecular flexibility index (Phi) is 5.97. The van der Waals surface area contributed by atoms with Crippen molar-refractivity contribution in [1.29, 1.82) is 0 Å². The second-order valence-corrected chi connectivity index (χ2v) is 7.67. The summed E-state index contributed by atoms with van der Waals surface area (Å²) in [6, 6.07) is -1.34. The highest BCUT2D eigenvalue weighted by Gasteiger charge is 2.27. The first-order valence-corrected chi connectivity index (χ1v) is 8.86. The van der Waals surface area contributed by atoms with Crippen molar-refractivity contribution in [1.82, 2.24) is 15.1 Å². The molecule has 2 unspecified atom stereocenters. The smallest absolute Gasteiger partial charge is 0.320 e. The highest BCUT2D eigenvalue weighted by atomic mass is 32.2. The number of carbonyl (C=O) groups excluding carboxylic acids is 1. The molecular formula is C12H23N3O5S. The van der Waals surface area contributed by atoms with Gasteiger partial charge in [-0.3, -0.25) is 9.69 Å². The molecule has 2 N–H and O–H groups in total. The molecule has 122 valence electrons. The van der Waals surface area contributed by atoms with Crippen LogP contribution in [0.25, 0.3) is 0 Å². The molecule has 0 aromatic carbocycles. The van der Waals surface area contributed by atoms with Gasteiger partial charge in [0.15, 0.2) is 0 Å². The molecule has 0 spiro atoms. The number of carbonyl (C=O) groups is 2. The number of hydrogen-bond acceptors (Lipinski definition) is 5. The monoisotopic (exact) mass is 321 g/mol. The van der Waals surface area contributed by atoms with Crippen LogP contribution in [-0.4, -0.2) is 85.6 Å². The number of piperazine rings is 1. The molecule has 0 saturated carbocycles. The summed E-state index contributed by atoms with van der Waals surface area (Å²) in [5.41, 5.74) is 0. The number of sulfone groups is 1. The Hall–Kier alpha value is -1.35. The molecule has 1 aliphatic rings. The van der Waals surface area contributed by atoms with Gasteiger partial charge < -0.3 is 15.3 Å². The van der Waals surface area contributed by atoms with Crippen LogP contribution >= 0.6 is 0 Å². The van der Waals surface area contributed by atoms with E-state index in [2.05, 4.69) is 5.32 Å². The SMILES string of the molecule is CC(CS(C)(=O)=O)NC(=O)N1CCN(C(C)C(=O)O)CC1. The van der Waals surface area contributed by atoms with Crippen molar-refractivity contribution in [2.45, 2.75) is 25.9 Å². The van der Waals surface area contributed by atoms with Gasteiger partial charge in [0.05, 0.1) is 5.75 Å². The van der Waals surface area contributed by atoms with E-state index in [9.17, 15) is 18.0 Å². The molecule has 1 fully saturated rings. The fraction of sp³-hybridized carbons (Fsp3) is 0.833. The van der Waals surface area contributed by atoms with Crippen LogP contribution in [0.3, 0.4) is 0 Å². The van der Waals surface area contributed by atoms with Gasteiger partial charge in [-0.25, -0.2) is 13.2 Å². The number of carboxylic acid groups (broad SMARTS) is 1. The maximum atomic E-state index is 12.0. The number of amides is 2. The number of carboxylic acids is 1. The first kappa shape index (κ1) is 17.7. The minimum atomic E-state index is -3.14. The van der Waals surface area contributed by atoms with E-state index in [4.69, 9.17) is 5.11 Å². The number of hydrogen-bond donors (Lipinski definition) is 2. The minimum absolute atomic E-state index is 0.102. The van der Waals surface area contributed by atoms with Crippen LogP contribution in [0.5, 0.6) is 0 Å².